The highest BCUT2D eigenvalue weighted by molar-refractivity contribution is 5.94. The standard InChI is InChI=1S/C14H9F2N/c15-10-4-5-11(13(16)8-10)12-3-1-2-9-6-7-17-14(9)12/h1-8,17H. The highest BCUT2D eigenvalue weighted by atomic mass is 19.1. The molecule has 0 fully saturated rings. The first-order chi connectivity index (χ1) is 8.25. The van der Waals surface area contributed by atoms with Gasteiger partial charge in [-0.15, -0.1) is 0 Å². The van der Waals surface area contributed by atoms with Crippen molar-refractivity contribution in [3.05, 3.63) is 60.3 Å². The quantitative estimate of drug-likeness (QED) is 0.646. The molecule has 0 amide bonds. The van der Waals surface area contributed by atoms with Gasteiger partial charge in [-0.25, -0.2) is 8.78 Å². The van der Waals surface area contributed by atoms with Gasteiger partial charge in [0.05, 0.1) is 5.52 Å². The third-order valence-electron chi connectivity index (χ3n) is 2.81. The lowest BCUT2D eigenvalue weighted by molar-refractivity contribution is 0.585. The van der Waals surface area contributed by atoms with Gasteiger partial charge in [0.1, 0.15) is 11.6 Å². The van der Waals surface area contributed by atoms with Crippen molar-refractivity contribution in [3.8, 4) is 11.1 Å². The Balaban J connectivity index is 2.30. The molecule has 2 aromatic carbocycles. The topological polar surface area (TPSA) is 15.8 Å². The first-order valence-corrected chi connectivity index (χ1v) is 5.27. The van der Waals surface area contributed by atoms with E-state index < -0.39 is 11.6 Å². The van der Waals surface area contributed by atoms with Gasteiger partial charge in [-0.05, 0) is 23.6 Å². The van der Waals surface area contributed by atoms with Gasteiger partial charge >= 0.3 is 0 Å². The third kappa shape index (κ3) is 1.60. The molecule has 0 spiro atoms. The van der Waals surface area contributed by atoms with Crippen molar-refractivity contribution in [2.75, 3.05) is 0 Å². The Morgan fingerprint density at radius 2 is 1.76 bits per heavy atom. The van der Waals surface area contributed by atoms with Crippen LogP contribution in [-0.4, -0.2) is 4.98 Å². The fraction of sp³-hybridized carbons (Fsp3) is 0. The van der Waals surface area contributed by atoms with Gasteiger partial charge < -0.3 is 4.98 Å². The van der Waals surface area contributed by atoms with Gasteiger partial charge in [0.2, 0.25) is 0 Å². The minimum atomic E-state index is -0.565. The Bertz CT molecular complexity index is 686. The predicted octanol–water partition coefficient (Wildman–Crippen LogP) is 4.11. The zero-order valence-corrected chi connectivity index (χ0v) is 8.87. The van der Waals surface area contributed by atoms with Crippen LogP contribution in [0.25, 0.3) is 22.0 Å². The molecule has 0 aliphatic rings. The number of hydrogen-bond donors (Lipinski definition) is 1. The molecular weight excluding hydrogens is 220 g/mol. The average Bonchev–Trinajstić information content (AvgIpc) is 2.77. The van der Waals surface area contributed by atoms with Crippen LogP contribution in [0.15, 0.2) is 48.7 Å². The SMILES string of the molecule is Fc1ccc(-c2cccc3cc[nH]c23)c(F)c1. The van der Waals surface area contributed by atoms with Crippen molar-refractivity contribution in [1.29, 1.82) is 0 Å². The molecule has 0 saturated carbocycles. The Kier molecular flexibility index (Phi) is 2.18. The molecule has 3 heteroatoms. The van der Waals surface area contributed by atoms with E-state index in [0.29, 0.717) is 5.56 Å². The number of nitrogens with one attached hydrogen (secondary N) is 1. The molecule has 1 aromatic heterocycles. The number of aromatic amines is 1. The summed E-state index contributed by atoms with van der Waals surface area (Å²) in [6, 6.07) is 11.2. The van der Waals surface area contributed by atoms with E-state index in [2.05, 4.69) is 4.98 Å². The summed E-state index contributed by atoms with van der Waals surface area (Å²) in [5, 5.41) is 1.01. The van der Waals surface area contributed by atoms with E-state index in [0.717, 1.165) is 22.5 Å². The second kappa shape index (κ2) is 3.70. The summed E-state index contributed by atoms with van der Waals surface area (Å²) in [4.78, 5) is 3.07. The van der Waals surface area contributed by atoms with Gasteiger partial charge in [-0.3, -0.25) is 0 Å². The van der Waals surface area contributed by atoms with E-state index in [9.17, 15) is 8.78 Å². The summed E-state index contributed by atoms with van der Waals surface area (Å²) in [7, 11) is 0. The number of H-pyrrole nitrogens is 1. The molecule has 0 bridgehead atoms. The number of para-hydroxylation sites is 1. The monoisotopic (exact) mass is 229 g/mol. The van der Waals surface area contributed by atoms with E-state index in [1.807, 2.05) is 24.3 Å². The van der Waals surface area contributed by atoms with Crippen molar-refractivity contribution in [1.82, 2.24) is 4.98 Å². The van der Waals surface area contributed by atoms with Gasteiger partial charge in [0, 0.05) is 23.4 Å². The van der Waals surface area contributed by atoms with Crippen molar-refractivity contribution >= 4 is 10.9 Å². The van der Waals surface area contributed by atoms with Crippen LogP contribution in [0.4, 0.5) is 8.78 Å². The molecule has 3 rings (SSSR count). The lowest BCUT2D eigenvalue weighted by atomic mass is 10.0. The van der Waals surface area contributed by atoms with Crippen molar-refractivity contribution in [3.63, 3.8) is 0 Å². The first-order valence-electron chi connectivity index (χ1n) is 5.27. The molecule has 0 saturated heterocycles. The van der Waals surface area contributed by atoms with E-state index >= 15 is 0 Å². The van der Waals surface area contributed by atoms with E-state index in [4.69, 9.17) is 0 Å². The van der Waals surface area contributed by atoms with Crippen LogP contribution < -0.4 is 0 Å². The Hall–Kier alpha value is -2.16. The van der Waals surface area contributed by atoms with E-state index in [-0.39, 0.29) is 0 Å². The maximum atomic E-state index is 13.7. The number of halogens is 2. The summed E-state index contributed by atoms with van der Waals surface area (Å²) in [6.45, 7) is 0. The number of benzene rings is 2. The Labute approximate surface area is 96.7 Å². The van der Waals surface area contributed by atoms with Gasteiger partial charge in [-0.2, -0.15) is 0 Å². The summed E-state index contributed by atoms with van der Waals surface area (Å²) < 4.78 is 26.6. The molecule has 0 aliphatic carbocycles. The van der Waals surface area contributed by atoms with Gasteiger partial charge in [-0.1, -0.05) is 18.2 Å². The van der Waals surface area contributed by atoms with Crippen molar-refractivity contribution in [2.24, 2.45) is 0 Å². The van der Waals surface area contributed by atoms with Crippen LogP contribution in [0.1, 0.15) is 0 Å². The molecule has 17 heavy (non-hydrogen) atoms. The molecule has 1 N–H and O–H groups in total. The fourth-order valence-corrected chi connectivity index (χ4v) is 2.02. The molecule has 3 aromatic rings. The second-order valence-electron chi connectivity index (χ2n) is 3.87. The van der Waals surface area contributed by atoms with Crippen LogP contribution >= 0.6 is 0 Å². The molecule has 0 aliphatic heterocycles. The lowest BCUT2D eigenvalue weighted by Gasteiger charge is -2.05. The fourth-order valence-electron chi connectivity index (χ4n) is 2.02. The number of aromatic nitrogens is 1. The first kappa shape index (κ1) is 10.0. The average molecular weight is 229 g/mol. The minimum absolute atomic E-state index is 0.402. The maximum absolute atomic E-state index is 13.7. The van der Waals surface area contributed by atoms with E-state index in [1.54, 1.807) is 6.20 Å². The zero-order chi connectivity index (χ0) is 11.8. The van der Waals surface area contributed by atoms with Crippen LogP contribution in [-0.2, 0) is 0 Å². The molecular formula is C14H9F2N. The molecule has 1 heterocycles. The minimum Gasteiger partial charge on any atom is -0.361 e. The molecule has 0 atom stereocenters. The molecule has 0 unspecified atom stereocenters. The Morgan fingerprint density at radius 3 is 2.59 bits per heavy atom. The highest BCUT2D eigenvalue weighted by Crippen LogP contribution is 2.29. The van der Waals surface area contributed by atoms with Crippen LogP contribution in [0.2, 0.25) is 0 Å². The smallest absolute Gasteiger partial charge is 0.134 e. The predicted molar refractivity (Wildman–Crippen MR) is 63.7 cm³/mol. The summed E-state index contributed by atoms with van der Waals surface area (Å²) in [5.74, 6) is -1.11. The van der Waals surface area contributed by atoms with Crippen LogP contribution in [0.3, 0.4) is 0 Å². The number of rotatable bonds is 1. The lowest BCUT2D eigenvalue weighted by Crippen LogP contribution is -1.87. The number of fused-ring (bicyclic) bond motifs is 1. The van der Waals surface area contributed by atoms with Crippen molar-refractivity contribution in [2.45, 2.75) is 0 Å². The van der Waals surface area contributed by atoms with Crippen LogP contribution in [0, 0.1) is 11.6 Å². The molecule has 0 radical (unpaired) electrons. The molecule has 84 valence electrons. The van der Waals surface area contributed by atoms with Gasteiger partial charge in [0.25, 0.3) is 0 Å². The summed E-state index contributed by atoms with van der Waals surface area (Å²) >= 11 is 0. The van der Waals surface area contributed by atoms with Crippen LogP contribution in [0.5, 0.6) is 0 Å². The summed E-state index contributed by atoms with van der Waals surface area (Å²) in [5.41, 5.74) is 2.00. The maximum Gasteiger partial charge on any atom is 0.134 e. The normalized spacial score (nSPS) is 10.9. The Morgan fingerprint density at radius 1 is 0.882 bits per heavy atom. The van der Waals surface area contributed by atoms with Gasteiger partial charge in [0.15, 0.2) is 0 Å². The summed E-state index contributed by atoms with van der Waals surface area (Å²) in [6.07, 6.45) is 1.80. The largest absolute Gasteiger partial charge is 0.361 e. The highest BCUT2D eigenvalue weighted by Gasteiger charge is 2.09. The third-order valence-corrected chi connectivity index (χ3v) is 2.81. The van der Waals surface area contributed by atoms with E-state index in [1.165, 1.54) is 12.1 Å². The molecule has 1 nitrogen and oxygen atoms in total. The number of hydrogen-bond acceptors (Lipinski definition) is 0. The zero-order valence-electron chi connectivity index (χ0n) is 8.87. The van der Waals surface area contributed by atoms with Crippen molar-refractivity contribution < 1.29 is 8.78 Å². The second-order valence-corrected chi connectivity index (χ2v) is 3.87.